The number of benzene rings is 1. The van der Waals surface area contributed by atoms with Crippen molar-refractivity contribution in [2.24, 2.45) is 0 Å². The molecule has 1 heterocycles. The minimum Gasteiger partial charge on any atom is -0.478 e. The van der Waals surface area contributed by atoms with Crippen molar-refractivity contribution in [3.05, 3.63) is 29.3 Å². The van der Waals surface area contributed by atoms with Gasteiger partial charge in [-0.25, -0.2) is 4.79 Å². The van der Waals surface area contributed by atoms with Crippen LogP contribution in [0.1, 0.15) is 35.7 Å². The van der Waals surface area contributed by atoms with Crippen molar-refractivity contribution in [1.29, 1.82) is 0 Å². The molecular weight excluding hydrogens is 230 g/mol. The van der Waals surface area contributed by atoms with Crippen LogP contribution in [-0.4, -0.2) is 35.4 Å². The Labute approximate surface area is 107 Å². The number of rotatable bonds is 4. The number of aromatic carboxylic acids is 1. The summed E-state index contributed by atoms with van der Waals surface area (Å²) in [5.41, 5.74) is 2.57. The molecule has 4 heteroatoms. The SMILES string of the molecule is CC(O)CCN1CCCc2cc(C(=O)O)ccc21. The number of carbonyl (C=O) groups is 1. The largest absolute Gasteiger partial charge is 0.478 e. The first-order chi connectivity index (χ1) is 8.58. The van der Waals surface area contributed by atoms with Crippen molar-refractivity contribution in [2.45, 2.75) is 32.3 Å². The number of carboxylic acids is 1. The van der Waals surface area contributed by atoms with Gasteiger partial charge in [-0.1, -0.05) is 0 Å². The molecule has 1 aromatic rings. The van der Waals surface area contributed by atoms with Crippen molar-refractivity contribution in [2.75, 3.05) is 18.0 Å². The lowest BCUT2D eigenvalue weighted by molar-refractivity contribution is 0.0696. The van der Waals surface area contributed by atoms with Gasteiger partial charge in [0.05, 0.1) is 11.7 Å². The molecule has 4 nitrogen and oxygen atoms in total. The summed E-state index contributed by atoms with van der Waals surface area (Å²) in [5.74, 6) is -0.876. The fourth-order valence-corrected chi connectivity index (χ4v) is 2.38. The smallest absolute Gasteiger partial charge is 0.335 e. The predicted molar refractivity (Wildman–Crippen MR) is 70.2 cm³/mol. The van der Waals surface area contributed by atoms with Crippen LogP contribution in [0.4, 0.5) is 5.69 Å². The van der Waals surface area contributed by atoms with Crippen molar-refractivity contribution in [1.82, 2.24) is 0 Å². The van der Waals surface area contributed by atoms with Crippen LogP contribution < -0.4 is 4.90 Å². The second-order valence-electron chi connectivity index (χ2n) is 4.88. The van der Waals surface area contributed by atoms with Gasteiger partial charge in [0, 0.05) is 18.8 Å². The van der Waals surface area contributed by atoms with E-state index in [9.17, 15) is 9.90 Å². The number of nitrogens with zero attached hydrogens (tertiary/aromatic N) is 1. The van der Waals surface area contributed by atoms with Crippen molar-refractivity contribution in [3.63, 3.8) is 0 Å². The van der Waals surface area contributed by atoms with Crippen molar-refractivity contribution < 1.29 is 15.0 Å². The summed E-state index contributed by atoms with van der Waals surface area (Å²) in [4.78, 5) is 13.2. The predicted octanol–water partition coefficient (Wildman–Crippen LogP) is 1.91. The van der Waals surface area contributed by atoms with Gasteiger partial charge < -0.3 is 15.1 Å². The maximum absolute atomic E-state index is 10.9. The first-order valence-corrected chi connectivity index (χ1v) is 6.37. The van der Waals surface area contributed by atoms with Gasteiger partial charge in [-0.05, 0) is 49.9 Å². The van der Waals surface area contributed by atoms with Gasteiger partial charge in [0.15, 0.2) is 0 Å². The zero-order valence-electron chi connectivity index (χ0n) is 10.6. The third-order valence-corrected chi connectivity index (χ3v) is 3.36. The van der Waals surface area contributed by atoms with Gasteiger partial charge in [-0.2, -0.15) is 0 Å². The normalized spacial score (nSPS) is 16.2. The van der Waals surface area contributed by atoms with Crippen LogP contribution in [0.2, 0.25) is 0 Å². The Morgan fingerprint density at radius 2 is 2.28 bits per heavy atom. The zero-order chi connectivity index (χ0) is 13.1. The van der Waals surface area contributed by atoms with E-state index in [0.717, 1.165) is 43.6 Å². The topological polar surface area (TPSA) is 60.8 Å². The second kappa shape index (κ2) is 5.40. The maximum atomic E-state index is 10.9. The molecule has 1 aliphatic heterocycles. The fraction of sp³-hybridized carbons (Fsp3) is 0.500. The van der Waals surface area contributed by atoms with E-state index in [4.69, 9.17) is 5.11 Å². The third-order valence-electron chi connectivity index (χ3n) is 3.36. The molecule has 2 N–H and O–H groups in total. The molecule has 0 aromatic heterocycles. The number of anilines is 1. The average molecular weight is 249 g/mol. The Bertz CT molecular complexity index is 443. The molecule has 1 unspecified atom stereocenters. The number of aliphatic hydroxyl groups excluding tert-OH is 1. The van der Waals surface area contributed by atoms with Crippen LogP contribution in [0, 0.1) is 0 Å². The monoisotopic (exact) mass is 249 g/mol. The van der Waals surface area contributed by atoms with Crippen molar-refractivity contribution >= 4 is 11.7 Å². The van der Waals surface area contributed by atoms with Gasteiger partial charge in [0.25, 0.3) is 0 Å². The summed E-state index contributed by atoms with van der Waals surface area (Å²) >= 11 is 0. The van der Waals surface area contributed by atoms with Gasteiger partial charge in [0.1, 0.15) is 0 Å². The number of hydrogen-bond acceptors (Lipinski definition) is 3. The van der Waals surface area contributed by atoms with E-state index in [1.165, 1.54) is 0 Å². The van der Waals surface area contributed by atoms with Crippen molar-refractivity contribution in [3.8, 4) is 0 Å². The van der Waals surface area contributed by atoms with Crippen LogP contribution in [0.15, 0.2) is 18.2 Å². The first-order valence-electron chi connectivity index (χ1n) is 6.37. The molecule has 0 bridgehead atoms. The van der Waals surface area contributed by atoms with E-state index in [0.29, 0.717) is 5.56 Å². The molecule has 98 valence electrons. The Morgan fingerprint density at radius 1 is 1.50 bits per heavy atom. The van der Waals surface area contributed by atoms with Crippen LogP contribution in [0.3, 0.4) is 0 Å². The van der Waals surface area contributed by atoms with Crippen LogP contribution in [0.5, 0.6) is 0 Å². The molecule has 1 aliphatic rings. The zero-order valence-corrected chi connectivity index (χ0v) is 10.6. The summed E-state index contributed by atoms with van der Waals surface area (Å²) in [6.07, 6.45) is 2.41. The molecular formula is C14H19NO3. The van der Waals surface area contributed by atoms with E-state index < -0.39 is 5.97 Å². The molecule has 0 amide bonds. The summed E-state index contributed by atoms with van der Waals surface area (Å²) in [6, 6.07) is 5.31. The summed E-state index contributed by atoms with van der Waals surface area (Å²) < 4.78 is 0. The van der Waals surface area contributed by atoms with E-state index in [1.807, 2.05) is 6.07 Å². The molecule has 18 heavy (non-hydrogen) atoms. The molecule has 0 radical (unpaired) electrons. The lowest BCUT2D eigenvalue weighted by Crippen LogP contribution is -2.31. The molecule has 0 saturated carbocycles. The van der Waals surface area contributed by atoms with Crippen LogP contribution in [-0.2, 0) is 6.42 Å². The van der Waals surface area contributed by atoms with Crippen LogP contribution >= 0.6 is 0 Å². The maximum Gasteiger partial charge on any atom is 0.335 e. The molecule has 1 aromatic carbocycles. The molecule has 0 saturated heterocycles. The highest BCUT2D eigenvalue weighted by Crippen LogP contribution is 2.28. The number of aliphatic hydroxyl groups is 1. The summed E-state index contributed by atoms with van der Waals surface area (Å²) in [5, 5.41) is 18.3. The Hall–Kier alpha value is -1.55. The molecule has 2 rings (SSSR count). The molecule has 1 atom stereocenters. The fourth-order valence-electron chi connectivity index (χ4n) is 2.38. The molecule has 0 fully saturated rings. The van der Waals surface area contributed by atoms with E-state index in [1.54, 1.807) is 19.1 Å². The number of carboxylic acid groups (broad SMARTS) is 1. The lowest BCUT2D eigenvalue weighted by atomic mass is 9.99. The first kappa shape index (κ1) is 12.9. The third kappa shape index (κ3) is 2.82. The van der Waals surface area contributed by atoms with Gasteiger partial charge in [0.2, 0.25) is 0 Å². The quantitative estimate of drug-likeness (QED) is 0.855. The Kier molecular flexibility index (Phi) is 3.87. The molecule has 0 aliphatic carbocycles. The highest BCUT2D eigenvalue weighted by Gasteiger charge is 2.18. The van der Waals surface area contributed by atoms with Gasteiger partial charge >= 0.3 is 5.97 Å². The minimum absolute atomic E-state index is 0.298. The lowest BCUT2D eigenvalue weighted by Gasteiger charge is -2.31. The highest BCUT2D eigenvalue weighted by molar-refractivity contribution is 5.88. The standard InChI is InChI=1S/C14H19NO3/c1-10(16)6-8-15-7-2-3-11-9-12(14(17)18)4-5-13(11)15/h4-5,9-10,16H,2-3,6-8H2,1H3,(H,17,18). The Morgan fingerprint density at radius 3 is 2.94 bits per heavy atom. The van der Waals surface area contributed by atoms with Gasteiger partial charge in [-0.3, -0.25) is 0 Å². The van der Waals surface area contributed by atoms with E-state index >= 15 is 0 Å². The number of fused-ring (bicyclic) bond motifs is 1. The van der Waals surface area contributed by atoms with Gasteiger partial charge in [-0.15, -0.1) is 0 Å². The average Bonchev–Trinajstić information content (AvgIpc) is 2.35. The summed E-state index contributed by atoms with van der Waals surface area (Å²) in [7, 11) is 0. The second-order valence-corrected chi connectivity index (χ2v) is 4.88. The Balaban J connectivity index is 2.19. The van der Waals surface area contributed by atoms with E-state index in [2.05, 4.69) is 4.90 Å². The van der Waals surface area contributed by atoms with Crippen LogP contribution in [0.25, 0.3) is 0 Å². The summed E-state index contributed by atoms with van der Waals surface area (Å²) in [6.45, 7) is 3.58. The highest BCUT2D eigenvalue weighted by atomic mass is 16.4. The number of hydrogen-bond donors (Lipinski definition) is 2. The van der Waals surface area contributed by atoms with E-state index in [-0.39, 0.29) is 6.10 Å². The molecule has 0 spiro atoms. The number of aryl methyl sites for hydroxylation is 1. The minimum atomic E-state index is -0.876.